The van der Waals surface area contributed by atoms with Gasteiger partial charge in [-0.25, -0.2) is 0 Å². The van der Waals surface area contributed by atoms with Gasteiger partial charge in [-0.1, -0.05) is 6.92 Å². The summed E-state index contributed by atoms with van der Waals surface area (Å²) in [4.78, 5) is 2.13. The normalized spacial score (nSPS) is 30.7. The van der Waals surface area contributed by atoms with E-state index in [0.717, 1.165) is 19.6 Å². The lowest BCUT2D eigenvalue weighted by molar-refractivity contribution is 0.257. The first-order valence-electron chi connectivity index (χ1n) is 3.61. The molecule has 1 atom stereocenters. The number of piperazine rings is 1. The molecule has 1 rings (SSSR count). The van der Waals surface area contributed by atoms with E-state index in [9.17, 15) is 0 Å². The van der Waals surface area contributed by atoms with Crippen LogP contribution in [0, 0.1) is 7.05 Å². The maximum Gasteiger partial charge on any atom is 0.0168 e. The van der Waals surface area contributed by atoms with Crippen LogP contribution in [0.3, 0.4) is 0 Å². The highest BCUT2D eigenvalue weighted by Gasteiger charge is 2.09. The Hall–Kier alpha value is -0.0800. The lowest BCUT2D eigenvalue weighted by Crippen LogP contribution is -2.47. The van der Waals surface area contributed by atoms with Crippen LogP contribution in [0.1, 0.15) is 13.3 Å². The molecule has 2 heteroatoms. The Morgan fingerprint density at radius 2 is 2.56 bits per heavy atom. The second kappa shape index (κ2) is 3.18. The summed E-state index contributed by atoms with van der Waals surface area (Å²) in [7, 11) is 3.89. The van der Waals surface area contributed by atoms with E-state index in [4.69, 9.17) is 0 Å². The topological polar surface area (TPSA) is 15.3 Å². The minimum atomic E-state index is 0.677. The van der Waals surface area contributed by atoms with Gasteiger partial charge in [-0.2, -0.15) is 0 Å². The lowest BCUT2D eigenvalue weighted by Gasteiger charge is -2.35. The molecular weight excluding hydrogens is 112 g/mol. The molecule has 0 aliphatic carbocycles. The van der Waals surface area contributed by atoms with Crippen LogP contribution in [0.2, 0.25) is 0 Å². The smallest absolute Gasteiger partial charge is 0.0168 e. The maximum atomic E-state index is 3.89. The van der Waals surface area contributed by atoms with E-state index < -0.39 is 0 Å². The van der Waals surface area contributed by atoms with Crippen molar-refractivity contribution in [3.63, 3.8) is 0 Å². The Kier molecular flexibility index (Phi) is 2.49. The maximum absolute atomic E-state index is 3.89. The molecule has 0 aromatic carbocycles. The highest BCUT2D eigenvalue weighted by Crippen LogP contribution is 1.99. The van der Waals surface area contributed by atoms with Gasteiger partial charge in [-0.05, 0) is 19.5 Å². The monoisotopic (exact) mass is 127 g/mol. The Balaban J connectivity index is 2.23. The molecule has 1 N–H and O–H groups in total. The number of nitrogens with zero attached hydrogens (tertiary/aromatic N) is 1. The Bertz CT molecular complexity index is 83.0. The molecule has 1 aliphatic rings. The Morgan fingerprint density at radius 1 is 1.78 bits per heavy atom. The van der Waals surface area contributed by atoms with Crippen molar-refractivity contribution in [1.82, 2.24) is 10.2 Å². The van der Waals surface area contributed by atoms with Gasteiger partial charge in [0, 0.05) is 12.6 Å². The molecule has 1 saturated heterocycles. The van der Waals surface area contributed by atoms with Crippen LogP contribution < -0.4 is 5.32 Å². The SMILES string of the molecule is [CH2-]N1CCNC(CC)C1. The zero-order chi connectivity index (χ0) is 6.69. The van der Waals surface area contributed by atoms with Crippen LogP contribution >= 0.6 is 0 Å². The van der Waals surface area contributed by atoms with Crippen molar-refractivity contribution in [2.24, 2.45) is 0 Å². The van der Waals surface area contributed by atoms with Crippen LogP contribution in [-0.4, -0.2) is 30.6 Å². The van der Waals surface area contributed by atoms with Gasteiger partial charge in [0.15, 0.2) is 0 Å². The summed E-state index contributed by atoms with van der Waals surface area (Å²) < 4.78 is 0. The van der Waals surface area contributed by atoms with Crippen molar-refractivity contribution in [2.45, 2.75) is 19.4 Å². The van der Waals surface area contributed by atoms with Gasteiger partial charge in [0.05, 0.1) is 0 Å². The summed E-state index contributed by atoms with van der Waals surface area (Å²) in [6.45, 7) is 5.51. The summed E-state index contributed by atoms with van der Waals surface area (Å²) >= 11 is 0. The molecular formula is C7H15N2-. The zero-order valence-electron chi connectivity index (χ0n) is 6.06. The average molecular weight is 127 g/mol. The summed E-state index contributed by atoms with van der Waals surface area (Å²) in [5.41, 5.74) is 0. The third kappa shape index (κ3) is 1.95. The van der Waals surface area contributed by atoms with Gasteiger partial charge in [0.2, 0.25) is 0 Å². The molecule has 54 valence electrons. The van der Waals surface area contributed by atoms with Crippen molar-refractivity contribution in [3.05, 3.63) is 7.05 Å². The molecule has 0 bridgehead atoms. The molecule has 0 saturated carbocycles. The largest absolute Gasteiger partial charge is 0.457 e. The first-order chi connectivity index (χ1) is 4.33. The van der Waals surface area contributed by atoms with Gasteiger partial charge in [0.25, 0.3) is 0 Å². The van der Waals surface area contributed by atoms with E-state index >= 15 is 0 Å². The fraction of sp³-hybridized carbons (Fsp3) is 0.857. The van der Waals surface area contributed by atoms with Gasteiger partial charge in [0.1, 0.15) is 0 Å². The fourth-order valence-corrected chi connectivity index (χ4v) is 1.17. The van der Waals surface area contributed by atoms with Crippen molar-refractivity contribution in [3.8, 4) is 0 Å². The van der Waals surface area contributed by atoms with E-state index in [1.165, 1.54) is 6.42 Å². The van der Waals surface area contributed by atoms with Crippen molar-refractivity contribution in [1.29, 1.82) is 0 Å². The molecule has 2 nitrogen and oxygen atoms in total. The summed E-state index contributed by atoms with van der Waals surface area (Å²) in [6.07, 6.45) is 1.21. The Morgan fingerprint density at radius 3 is 3.00 bits per heavy atom. The predicted octanol–water partition coefficient (Wildman–Crippen LogP) is 0.462. The highest BCUT2D eigenvalue weighted by molar-refractivity contribution is 4.76. The van der Waals surface area contributed by atoms with E-state index in [-0.39, 0.29) is 0 Å². The molecule has 1 unspecified atom stereocenters. The zero-order valence-corrected chi connectivity index (χ0v) is 6.06. The summed E-state index contributed by atoms with van der Waals surface area (Å²) in [5.74, 6) is 0. The molecule has 1 fully saturated rings. The molecule has 9 heavy (non-hydrogen) atoms. The van der Waals surface area contributed by atoms with E-state index in [1.807, 2.05) is 0 Å². The second-order valence-corrected chi connectivity index (χ2v) is 2.64. The third-order valence-electron chi connectivity index (χ3n) is 1.83. The third-order valence-corrected chi connectivity index (χ3v) is 1.83. The van der Waals surface area contributed by atoms with Crippen LogP contribution in [0.25, 0.3) is 0 Å². The summed E-state index contributed by atoms with van der Waals surface area (Å²) in [6, 6.07) is 0.677. The van der Waals surface area contributed by atoms with E-state index in [1.54, 1.807) is 0 Å². The fourth-order valence-electron chi connectivity index (χ4n) is 1.17. The van der Waals surface area contributed by atoms with Crippen molar-refractivity contribution < 1.29 is 0 Å². The minimum absolute atomic E-state index is 0.677. The first-order valence-corrected chi connectivity index (χ1v) is 3.61. The molecule has 1 aliphatic heterocycles. The average Bonchev–Trinajstić information content (AvgIpc) is 1.88. The molecule has 0 aromatic heterocycles. The number of nitrogens with one attached hydrogen (secondary N) is 1. The minimum Gasteiger partial charge on any atom is -0.457 e. The Labute approximate surface area is 57.2 Å². The number of rotatable bonds is 1. The van der Waals surface area contributed by atoms with Gasteiger partial charge < -0.3 is 10.2 Å². The summed E-state index contributed by atoms with van der Waals surface area (Å²) in [5, 5.41) is 3.42. The van der Waals surface area contributed by atoms with Gasteiger partial charge >= 0.3 is 0 Å². The van der Waals surface area contributed by atoms with Crippen LogP contribution in [0.15, 0.2) is 0 Å². The van der Waals surface area contributed by atoms with Crippen LogP contribution in [0.4, 0.5) is 0 Å². The molecule has 1 heterocycles. The highest BCUT2D eigenvalue weighted by atomic mass is 15.2. The quantitative estimate of drug-likeness (QED) is 0.515. The van der Waals surface area contributed by atoms with Gasteiger partial charge in [-0.15, -0.1) is 0 Å². The second-order valence-electron chi connectivity index (χ2n) is 2.64. The molecule has 0 amide bonds. The van der Waals surface area contributed by atoms with E-state index in [2.05, 4.69) is 24.2 Å². The molecule has 0 spiro atoms. The first kappa shape index (κ1) is 7.03. The van der Waals surface area contributed by atoms with Crippen molar-refractivity contribution in [2.75, 3.05) is 19.6 Å². The van der Waals surface area contributed by atoms with Crippen LogP contribution in [0.5, 0.6) is 0 Å². The number of hydrogen-bond acceptors (Lipinski definition) is 2. The standard InChI is InChI=1S/C7H15N2/c1-3-7-6-9(2)5-4-8-7/h7-8H,2-6H2,1H3/q-1. The molecule has 0 radical (unpaired) electrons. The lowest BCUT2D eigenvalue weighted by atomic mass is 10.2. The van der Waals surface area contributed by atoms with Crippen LogP contribution in [-0.2, 0) is 0 Å². The molecule has 0 aromatic rings. The predicted molar refractivity (Wildman–Crippen MR) is 39.0 cm³/mol. The van der Waals surface area contributed by atoms with E-state index in [0.29, 0.717) is 6.04 Å². The van der Waals surface area contributed by atoms with Crippen molar-refractivity contribution >= 4 is 0 Å². The van der Waals surface area contributed by atoms with Gasteiger partial charge in [-0.3, -0.25) is 7.05 Å². The number of hydrogen-bond donors (Lipinski definition) is 1.